The highest BCUT2D eigenvalue weighted by atomic mass is 32.1. The van der Waals surface area contributed by atoms with E-state index in [0.717, 1.165) is 23.3 Å². The highest BCUT2D eigenvalue weighted by Crippen LogP contribution is 2.61. The lowest BCUT2D eigenvalue weighted by Crippen LogP contribution is -2.57. The third kappa shape index (κ3) is 4.08. The molecule has 3 nitrogen and oxygen atoms in total. The van der Waals surface area contributed by atoms with E-state index in [0.29, 0.717) is 10.5 Å². The van der Waals surface area contributed by atoms with Gasteiger partial charge in [0.25, 0.3) is 0 Å². The molecule has 1 atom stereocenters. The number of halogens is 1. The van der Waals surface area contributed by atoms with Gasteiger partial charge < -0.3 is 5.32 Å². The smallest absolute Gasteiger partial charge is 0.250 e. The molecule has 0 unspecified atom stereocenters. The van der Waals surface area contributed by atoms with Crippen LogP contribution in [-0.2, 0) is 4.79 Å². The van der Waals surface area contributed by atoms with E-state index < -0.39 is 0 Å². The van der Waals surface area contributed by atoms with Gasteiger partial charge in [0.05, 0.1) is 0 Å². The zero-order valence-electron chi connectivity index (χ0n) is 15.7. The van der Waals surface area contributed by atoms with Gasteiger partial charge in [-0.1, -0.05) is 12.1 Å². The predicted molar refractivity (Wildman–Crippen MR) is 109 cm³/mol. The summed E-state index contributed by atoms with van der Waals surface area (Å²) in [5, 5.41) is 6.53. The number of benzene rings is 1. The Bertz CT molecular complexity index is 723. The first-order valence-electron chi connectivity index (χ1n) is 9.97. The number of hydrogen-bond acceptors (Lipinski definition) is 2. The molecule has 4 aliphatic rings. The van der Waals surface area contributed by atoms with Gasteiger partial charge in [-0.05, 0) is 105 Å². The van der Waals surface area contributed by atoms with E-state index >= 15 is 0 Å². The summed E-state index contributed by atoms with van der Waals surface area (Å²) >= 11 is 5.38. The van der Waals surface area contributed by atoms with Gasteiger partial charge in [0.1, 0.15) is 5.82 Å². The van der Waals surface area contributed by atoms with Gasteiger partial charge in [-0.25, -0.2) is 4.39 Å². The van der Waals surface area contributed by atoms with Crippen molar-refractivity contribution in [3.05, 3.63) is 41.7 Å². The standard InChI is InChI=1S/C22H27FN2OS/c1-14(22-11-16-8-17(12-22)10-18(9-16)13-22)24-21(27)25-20(26)7-4-15-2-5-19(23)6-3-15/h2-7,14,16-18H,8-13H2,1H3,(H2,24,25,26,27)/b7-4-/t14-,16?,17?,18?,22?/m0/s1. The van der Waals surface area contributed by atoms with Gasteiger partial charge in [0.15, 0.2) is 5.11 Å². The maximum absolute atomic E-state index is 12.9. The molecule has 0 saturated heterocycles. The van der Waals surface area contributed by atoms with Crippen molar-refractivity contribution in [3.8, 4) is 0 Å². The van der Waals surface area contributed by atoms with Crippen molar-refractivity contribution in [2.45, 2.75) is 51.5 Å². The van der Waals surface area contributed by atoms with Crippen LogP contribution in [0, 0.1) is 29.0 Å². The van der Waals surface area contributed by atoms with E-state index in [1.54, 1.807) is 18.2 Å². The van der Waals surface area contributed by atoms with Crippen LogP contribution in [-0.4, -0.2) is 17.1 Å². The Morgan fingerprint density at radius 1 is 1.15 bits per heavy atom. The fraction of sp³-hybridized carbons (Fsp3) is 0.545. The Labute approximate surface area is 165 Å². The van der Waals surface area contributed by atoms with E-state index in [1.165, 1.54) is 56.7 Å². The molecule has 1 aromatic carbocycles. The quantitative estimate of drug-likeness (QED) is 0.594. The molecule has 4 saturated carbocycles. The molecule has 1 aromatic rings. The van der Waals surface area contributed by atoms with Gasteiger partial charge in [-0.15, -0.1) is 0 Å². The fourth-order valence-electron chi connectivity index (χ4n) is 5.99. The van der Waals surface area contributed by atoms with E-state index in [1.807, 2.05) is 0 Å². The van der Waals surface area contributed by atoms with Crippen LogP contribution in [0.15, 0.2) is 30.3 Å². The molecule has 1 amide bonds. The summed E-state index contributed by atoms with van der Waals surface area (Å²) in [6.45, 7) is 2.22. The minimum Gasteiger partial charge on any atom is -0.359 e. The number of carbonyl (C=O) groups is 1. The molecule has 4 bridgehead atoms. The predicted octanol–water partition coefficient (Wildman–Crippen LogP) is 4.43. The molecular weight excluding hydrogens is 359 g/mol. The number of nitrogens with one attached hydrogen (secondary N) is 2. The van der Waals surface area contributed by atoms with Crippen molar-refractivity contribution in [1.82, 2.24) is 10.6 Å². The molecule has 5 rings (SSSR count). The Hall–Kier alpha value is -1.75. The molecule has 0 radical (unpaired) electrons. The Kier molecular flexibility index (Phi) is 5.06. The van der Waals surface area contributed by atoms with Gasteiger partial charge >= 0.3 is 0 Å². The molecule has 0 spiro atoms. The molecule has 144 valence electrons. The third-order valence-electron chi connectivity index (χ3n) is 6.89. The zero-order valence-corrected chi connectivity index (χ0v) is 16.5. The number of amides is 1. The summed E-state index contributed by atoms with van der Waals surface area (Å²) < 4.78 is 12.9. The second-order valence-corrected chi connectivity index (χ2v) is 9.26. The lowest BCUT2D eigenvalue weighted by Gasteiger charge is -2.59. The van der Waals surface area contributed by atoms with Crippen LogP contribution in [0.25, 0.3) is 6.08 Å². The second-order valence-electron chi connectivity index (χ2n) is 8.85. The Balaban J connectivity index is 1.31. The number of hydrogen-bond donors (Lipinski definition) is 2. The highest BCUT2D eigenvalue weighted by molar-refractivity contribution is 7.80. The van der Waals surface area contributed by atoms with E-state index in [9.17, 15) is 9.18 Å². The van der Waals surface area contributed by atoms with Gasteiger partial charge in [-0.3, -0.25) is 10.1 Å². The van der Waals surface area contributed by atoms with Crippen molar-refractivity contribution < 1.29 is 9.18 Å². The normalized spacial score (nSPS) is 32.4. The van der Waals surface area contributed by atoms with Crippen LogP contribution < -0.4 is 10.6 Å². The van der Waals surface area contributed by atoms with Crippen LogP contribution in [0.1, 0.15) is 51.0 Å². The zero-order chi connectivity index (χ0) is 19.0. The van der Waals surface area contributed by atoms with Crippen molar-refractivity contribution in [1.29, 1.82) is 0 Å². The Morgan fingerprint density at radius 2 is 1.70 bits per heavy atom. The van der Waals surface area contributed by atoms with Crippen LogP contribution in [0.3, 0.4) is 0 Å². The first kappa shape index (κ1) is 18.6. The Morgan fingerprint density at radius 3 is 2.26 bits per heavy atom. The van der Waals surface area contributed by atoms with Gasteiger partial charge in [0, 0.05) is 12.1 Å². The molecule has 2 N–H and O–H groups in total. The highest BCUT2D eigenvalue weighted by Gasteiger charge is 2.53. The van der Waals surface area contributed by atoms with Gasteiger partial charge in [-0.2, -0.15) is 0 Å². The van der Waals surface area contributed by atoms with Crippen molar-refractivity contribution in [2.24, 2.45) is 23.2 Å². The van der Waals surface area contributed by atoms with E-state index in [4.69, 9.17) is 12.2 Å². The summed E-state index contributed by atoms with van der Waals surface area (Å²) in [7, 11) is 0. The summed E-state index contributed by atoms with van der Waals surface area (Å²) in [5.41, 5.74) is 1.11. The third-order valence-corrected chi connectivity index (χ3v) is 7.11. The molecule has 0 aromatic heterocycles. The minimum atomic E-state index is -0.291. The van der Waals surface area contributed by atoms with Crippen molar-refractivity contribution >= 4 is 29.3 Å². The first-order chi connectivity index (χ1) is 12.9. The minimum absolute atomic E-state index is 0.269. The number of carbonyl (C=O) groups excluding carboxylic acids is 1. The molecule has 5 heteroatoms. The van der Waals surface area contributed by atoms with E-state index in [2.05, 4.69) is 17.6 Å². The lowest BCUT2D eigenvalue weighted by atomic mass is 9.48. The molecule has 0 heterocycles. The molecule has 4 aliphatic carbocycles. The summed E-state index contributed by atoms with van der Waals surface area (Å²) in [6, 6.07) is 6.28. The van der Waals surface area contributed by atoms with Crippen molar-refractivity contribution in [3.63, 3.8) is 0 Å². The summed E-state index contributed by atoms with van der Waals surface area (Å²) in [6.07, 6.45) is 11.2. The van der Waals surface area contributed by atoms with Gasteiger partial charge in [0.2, 0.25) is 5.91 Å². The molecule has 0 aliphatic heterocycles. The molecule has 27 heavy (non-hydrogen) atoms. The number of rotatable bonds is 4. The second kappa shape index (κ2) is 7.34. The van der Waals surface area contributed by atoms with Crippen LogP contribution in [0.4, 0.5) is 4.39 Å². The first-order valence-corrected chi connectivity index (χ1v) is 10.4. The molecular formula is C22H27FN2OS. The van der Waals surface area contributed by atoms with Crippen LogP contribution >= 0.6 is 12.2 Å². The van der Waals surface area contributed by atoms with Crippen molar-refractivity contribution in [2.75, 3.05) is 0 Å². The lowest BCUT2D eigenvalue weighted by molar-refractivity contribution is -0.115. The van der Waals surface area contributed by atoms with Crippen LogP contribution in [0.2, 0.25) is 0 Å². The average Bonchev–Trinajstić information content (AvgIpc) is 2.60. The van der Waals surface area contributed by atoms with Crippen LogP contribution in [0.5, 0.6) is 0 Å². The molecule has 4 fully saturated rings. The maximum Gasteiger partial charge on any atom is 0.250 e. The maximum atomic E-state index is 12.9. The largest absolute Gasteiger partial charge is 0.359 e. The SMILES string of the molecule is C[C@H](NC(=S)NC(=O)/C=C\c1ccc(F)cc1)C12CC3CC(CC(C3)C1)C2. The van der Waals surface area contributed by atoms with E-state index in [-0.39, 0.29) is 17.8 Å². The monoisotopic (exact) mass is 386 g/mol. The average molecular weight is 387 g/mol. The topological polar surface area (TPSA) is 41.1 Å². The summed E-state index contributed by atoms with van der Waals surface area (Å²) in [5.74, 6) is 2.11. The number of thiocarbonyl (C=S) groups is 1. The summed E-state index contributed by atoms with van der Waals surface area (Å²) in [4.78, 5) is 12.1. The fourth-order valence-corrected chi connectivity index (χ4v) is 6.27.